The van der Waals surface area contributed by atoms with Crippen molar-refractivity contribution in [1.29, 1.82) is 0 Å². The lowest BCUT2D eigenvalue weighted by atomic mass is 9.97. The van der Waals surface area contributed by atoms with E-state index >= 15 is 0 Å². The summed E-state index contributed by atoms with van der Waals surface area (Å²) in [6.07, 6.45) is 5.69. The van der Waals surface area contributed by atoms with Crippen molar-refractivity contribution < 1.29 is 9.53 Å². The Kier molecular flexibility index (Phi) is 8.28. The summed E-state index contributed by atoms with van der Waals surface area (Å²) >= 11 is 2.73. The summed E-state index contributed by atoms with van der Waals surface area (Å²) in [6, 6.07) is 0. The maximum Gasteiger partial charge on any atom is 0.348 e. The van der Waals surface area contributed by atoms with E-state index in [-0.39, 0.29) is 17.3 Å². The predicted molar refractivity (Wildman–Crippen MR) is 126 cm³/mol. The van der Waals surface area contributed by atoms with Crippen LogP contribution in [0.3, 0.4) is 0 Å². The van der Waals surface area contributed by atoms with Crippen molar-refractivity contribution in [2.45, 2.75) is 57.0 Å². The summed E-state index contributed by atoms with van der Waals surface area (Å²) in [7, 11) is 0. The number of amides is 1. The van der Waals surface area contributed by atoms with E-state index in [1.165, 1.54) is 23.1 Å². The zero-order chi connectivity index (χ0) is 22.3. The lowest BCUT2D eigenvalue weighted by Gasteiger charge is -2.27. The maximum absolute atomic E-state index is 12.9. The van der Waals surface area contributed by atoms with Crippen LogP contribution in [-0.2, 0) is 35.3 Å². The second-order valence-electron chi connectivity index (χ2n) is 7.98. The quantitative estimate of drug-likeness (QED) is 0.431. The number of rotatable bonds is 9. The Bertz CT molecular complexity index is 986. The van der Waals surface area contributed by atoms with Gasteiger partial charge in [0.05, 0.1) is 19.0 Å². The molecule has 0 radical (unpaired) electrons. The van der Waals surface area contributed by atoms with Crippen LogP contribution < -0.4 is 11.0 Å². The third-order valence-corrected chi connectivity index (χ3v) is 7.77. The standard InChI is InChI=1S/C21H30N6O3S2/c1-2-18-24-25-20(32-18)22-17(28)14-31-19-15-6-3-4-7-16(15)27(21(29)23-19)9-5-8-26-10-12-30-13-11-26/h2-14H2,1H3,(H,22,25,28). The second kappa shape index (κ2) is 11.4. The van der Waals surface area contributed by atoms with E-state index in [0.717, 1.165) is 87.6 Å². The summed E-state index contributed by atoms with van der Waals surface area (Å²) in [5.74, 6) is 0.0379. The fraction of sp³-hybridized carbons (Fsp3) is 0.667. The highest BCUT2D eigenvalue weighted by atomic mass is 32.2. The monoisotopic (exact) mass is 478 g/mol. The van der Waals surface area contributed by atoms with Crippen LogP contribution in [0.2, 0.25) is 0 Å². The van der Waals surface area contributed by atoms with Gasteiger partial charge >= 0.3 is 5.69 Å². The molecule has 1 amide bonds. The average molecular weight is 479 g/mol. The molecule has 2 aromatic heterocycles. The predicted octanol–water partition coefficient (Wildman–Crippen LogP) is 1.99. The minimum absolute atomic E-state index is 0.158. The number of anilines is 1. The van der Waals surface area contributed by atoms with E-state index in [2.05, 4.69) is 25.4 Å². The second-order valence-corrected chi connectivity index (χ2v) is 10.0. The van der Waals surface area contributed by atoms with Crippen LogP contribution in [0.15, 0.2) is 9.82 Å². The zero-order valence-electron chi connectivity index (χ0n) is 18.5. The first kappa shape index (κ1) is 23.3. The minimum Gasteiger partial charge on any atom is -0.379 e. The number of hydrogen-bond donors (Lipinski definition) is 1. The van der Waals surface area contributed by atoms with Crippen LogP contribution in [0.1, 0.15) is 42.5 Å². The molecule has 0 aromatic carbocycles. The largest absolute Gasteiger partial charge is 0.379 e. The fourth-order valence-electron chi connectivity index (χ4n) is 4.11. The van der Waals surface area contributed by atoms with Crippen LogP contribution >= 0.6 is 23.1 Å². The lowest BCUT2D eigenvalue weighted by Crippen LogP contribution is -2.38. The third-order valence-electron chi connectivity index (χ3n) is 5.77. The molecule has 2 aromatic rings. The molecule has 3 heterocycles. The molecule has 0 spiro atoms. The molecule has 4 rings (SSSR count). The van der Waals surface area contributed by atoms with Crippen molar-refractivity contribution in [3.05, 3.63) is 26.7 Å². The molecule has 0 bridgehead atoms. The number of morpholine rings is 1. The van der Waals surface area contributed by atoms with Crippen LogP contribution in [-0.4, -0.2) is 69.2 Å². The third kappa shape index (κ3) is 5.94. The number of nitrogens with zero attached hydrogens (tertiary/aromatic N) is 5. The van der Waals surface area contributed by atoms with Crippen LogP contribution in [0, 0.1) is 0 Å². The van der Waals surface area contributed by atoms with Gasteiger partial charge in [-0.3, -0.25) is 19.6 Å². The molecule has 1 fully saturated rings. The number of hydrogen-bond acceptors (Lipinski definition) is 9. The Morgan fingerprint density at radius 1 is 1.19 bits per heavy atom. The Hall–Kier alpha value is -1.82. The molecule has 1 saturated heterocycles. The molecule has 1 N–H and O–H groups in total. The first-order chi connectivity index (χ1) is 15.6. The van der Waals surface area contributed by atoms with Gasteiger partial charge in [0.25, 0.3) is 0 Å². The summed E-state index contributed by atoms with van der Waals surface area (Å²) in [4.78, 5) is 32.0. The first-order valence-corrected chi connectivity index (χ1v) is 13.1. The molecule has 0 atom stereocenters. The van der Waals surface area contributed by atoms with Gasteiger partial charge in [0, 0.05) is 37.4 Å². The number of fused-ring (bicyclic) bond motifs is 1. The molecular formula is C21H30N6O3S2. The fourth-order valence-corrected chi connectivity index (χ4v) is 5.68. The van der Waals surface area contributed by atoms with Gasteiger partial charge in [0.15, 0.2) is 0 Å². The number of aromatic nitrogens is 4. The SMILES string of the molecule is CCc1nnc(NC(=O)CSc2nc(=O)n(CCCN3CCOCC3)c3c2CCCC3)s1. The normalized spacial score (nSPS) is 16.7. The van der Waals surface area contributed by atoms with Crippen LogP contribution in [0.5, 0.6) is 0 Å². The average Bonchev–Trinajstić information content (AvgIpc) is 3.27. The first-order valence-electron chi connectivity index (χ1n) is 11.3. The Morgan fingerprint density at radius 2 is 2.00 bits per heavy atom. The van der Waals surface area contributed by atoms with Gasteiger partial charge in [0.1, 0.15) is 10.0 Å². The zero-order valence-corrected chi connectivity index (χ0v) is 20.1. The number of carbonyl (C=O) groups is 1. The van der Waals surface area contributed by atoms with E-state index < -0.39 is 0 Å². The van der Waals surface area contributed by atoms with Gasteiger partial charge in [-0.1, -0.05) is 30.0 Å². The van der Waals surface area contributed by atoms with Crippen molar-refractivity contribution in [3.63, 3.8) is 0 Å². The molecule has 1 aliphatic carbocycles. The number of thioether (sulfide) groups is 1. The molecule has 32 heavy (non-hydrogen) atoms. The lowest BCUT2D eigenvalue weighted by molar-refractivity contribution is -0.113. The van der Waals surface area contributed by atoms with E-state index in [9.17, 15) is 9.59 Å². The highest BCUT2D eigenvalue weighted by Crippen LogP contribution is 2.28. The number of carbonyl (C=O) groups excluding carboxylic acids is 1. The van der Waals surface area contributed by atoms with E-state index in [1.807, 2.05) is 11.5 Å². The summed E-state index contributed by atoms with van der Waals surface area (Å²) < 4.78 is 7.27. The molecule has 0 unspecified atom stereocenters. The van der Waals surface area contributed by atoms with Crippen molar-refractivity contribution in [3.8, 4) is 0 Å². The van der Waals surface area contributed by atoms with Gasteiger partial charge in [-0.2, -0.15) is 4.98 Å². The van der Waals surface area contributed by atoms with E-state index in [1.54, 1.807) is 0 Å². The topological polar surface area (TPSA) is 102 Å². The molecule has 11 heteroatoms. The molecular weight excluding hydrogens is 448 g/mol. The summed E-state index contributed by atoms with van der Waals surface area (Å²) in [6.45, 7) is 7.14. The number of aryl methyl sites for hydroxylation is 1. The highest BCUT2D eigenvalue weighted by molar-refractivity contribution is 8.00. The number of ether oxygens (including phenoxy) is 1. The Morgan fingerprint density at radius 3 is 2.78 bits per heavy atom. The molecule has 0 saturated carbocycles. The van der Waals surface area contributed by atoms with Gasteiger partial charge in [-0.25, -0.2) is 4.79 Å². The Labute approximate surface area is 196 Å². The van der Waals surface area contributed by atoms with Crippen molar-refractivity contribution >= 4 is 34.1 Å². The molecule has 9 nitrogen and oxygen atoms in total. The van der Waals surface area contributed by atoms with Crippen molar-refractivity contribution in [1.82, 2.24) is 24.6 Å². The summed E-state index contributed by atoms with van der Waals surface area (Å²) in [5, 5.41) is 12.9. The minimum atomic E-state index is -0.202. The van der Waals surface area contributed by atoms with Crippen molar-refractivity contribution in [2.75, 3.05) is 43.9 Å². The van der Waals surface area contributed by atoms with Gasteiger partial charge in [-0.05, 0) is 38.5 Å². The van der Waals surface area contributed by atoms with Gasteiger partial charge < -0.3 is 4.74 Å². The maximum atomic E-state index is 12.9. The van der Waals surface area contributed by atoms with E-state index in [0.29, 0.717) is 16.7 Å². The van der Waals surface area contributed by atoms with Gasteiger partial charge in [0.2, 0.25) is 11.0 Å². The van der Waals surface area contributed by atoms with Crippen LogP contribution in [0.25, 0.3) is 0 Å². The molecule has 174 valence electrons. The van der Waals surface area contributed by atoms with Crippen molar-refractivity contribution in [2.24, 2.45) is 0 Å². The summed E-state index contributed by atoms with van der Waals surface area (Å²) in [5.41, 5.74) is 2.05. The van der Waals surface area contributed by atoms with Crippen LogP contribution in [0.4, 0.5) is 5.13 Å². The number of nitrogens with one attached hydrogen (secondary N) is 1. The van der Waals surface area contributed by atoms with E-state index in [4.69, 9.17) is 4.74 Å². The Balaban J connectivity index is 1.39. The smallest absolute Gasteiger partial charge is 0.348 e. The molecule has 1 aliphatic heterocycles. The molecule has 2 aliphatic rings. The van der Waals surface area contributed by atoms with Gasteiger partial charge in [-0.15, -0.1) is 10.2 Å². The highest BCUT2D eigenvalue weighted by Gasteiger charge is 2.21.